The first-order valence-electron chi connectivity index (χ1n) is 7.21. The highest BCUT2D eigenvalue weighted by molar-refractivity contribution is 6.18. The molecule has 0 spiro atoms. The summed E-state index contributed by atoms with van der Waals surface area (Å²) in [6, 6.07) is 19.2. The van der Waals surface area contributed by atoms with Crippen LogP contribution in [0.3, 0.4) is 0 Å². The van der Waals surface area contributed by atoms with Gasteiger partial charge in [0.2, 0.25) is 0 Å². The van der Waals surface area contributed by atoms with Gasteiger partial charge >= 0.3 is 0 Å². The zero-order valence-corrected chi connectivity index (χ0v) is 13.1. The molecule has 0 radical (unpaired) electrons. The highest BCUT2D eigenvalue weighted by Gasteiger charge is 2.03. The maximum Gasteiger partial charge on any atom is 0.0925 e. The number of halogens is 1. The lowest BCUT2D eigenvalue weighted by Crippen LogP contribution is -1.96. The lowest BCUT2D eigenvalue weighted by molar-refractivity contribution is 0.166. The van der Waals surface area contributed by atoms with Crippen molar-refractivity contribution in [2.75, 3.05) is 5.88 Å². The number of hydrogen-bond donors (Lipinski definition) is 2. The van der Waals surface area contributed by atoms with E-state index in [9.17, 15) is 10.2 Å². The van der Waals surface area contributed by atoms with E-state index in [2.05, 4.69) is 6.92 Å². The molecule has 2 aromatic carbocycles. The summed E-state index contributed by atoms with van der Waals surface area (Å²) in [5.41, 5.74) is 1.90. The van der Waals surface area contributed by atoms with Gasteiger partial charge in [-0.25, -0.2) is 0 Å². The second-order valence-corrected chi connectivity index (χ2v) is 5.10. The second-order valence-electron chi connectivity index (χ2n) is 4.80. The normalized spacial score (nSPS) is 13.0. The standard InChI is InChI=1S/C10H14O.C8H9ClO/c1-2-6-10(11)9-7-4-3-5-8-9;9-6-8(10)7-4-2-1-3-5-7/h3-5,7-8,10-11H,2,6H2,1H3;1-5,8,10H,6H2. The molecule has 114 valence electrons. The summed E-state index contributed by atoms with van der Waals surface area (Å²) in [7, 11) is 0. The average Bonchev–Trinajstić information content (AvgIpc) is 2.56. The van der Waals surface area contributed by atoms with Gasteiger partial charge in [0.05, 0.1) is 18.1 Å². The van der Waals surface area contributed by atoms with E-state index in [1.165, 1.54) is 0 Å². The van der Waals surface area contributed by atoms with Gasteiger partial charge in [-0.3, -0.25) is 0 Å². The van der Waals surface area contributed by atoms with Gasteiger partial charge in [-0.2, -0.15) is 0 Å². The Labute approximate surface area is 132 Å². The molecule has 2 nitrogen and oxygen atoms in total. The molecule has 0 aliphatic carbocycles. The molecular formula is C18H23ClO2. The lowest BCUT2D eigenvalue weighted by Gasteiger charge is -2.07. The van der Waals surface area contributed by atoms with Crippen LogP contribution in [0.1, 0.15) is 43.1 Å². The molecule has 2 rings (SSSR count). The first-order chi connectivity index (χ1) is 10.2. The fourth-order valence-electron chi connectivity index (χ4n) is 1.88. The summed E-state index contributed by atoms with van der Waals surface area (Å²) < 4.78 is 0. The third kappa shape index (κ3) is 6.76. The van der Waals surface area contributed by atoms with Crippen LogP contribution in [-0.4, -0.2) is 16.1 Å². The molecule has 21 heavy (non-hydrogen) atoms. The average molecular weight is 307 g/mol. The Balaban J connectivity index is 0.000000211. The van der Waals surface area contributed by atoms with Crippen LogP contribution in [0.15, 0.2) is 60.7 Å². The molecular weight excluding hydrogens is 284 g/mol. The molecule has 2 atom stereocenters. The smallest absolute Gasteiger partial charge is 0.0925 e. The van der Waals surface area contributed by atoms with E-state index in [1.807, 2.05) is 60.7 Å². The van der Waals surface area contributed by atoms with Gasteiger partial charge in [-0.15, -0.1) is 11.6 Å². The molecule has 0 fully saturated rings. The van der Waals surface area contributed by atoms with Crippen LogP contribution in [0.25, 0.3) is 0 Å². The molecule has 0 aliphatic rings. The maximum atomic E-state index is 9.52. The molecule has 0 saturated carbocycles. The Bertz CT molecular complexity index is 473. The molecule has 0 aliphatic heterocycles. The molecule has 0 heterocycles. The predicted octanol–water partition coefficient (Wildman–Crippen LogP) is 4.48. The third-order valence-corrected chi connectivity index (χ3v) is 3.37. The molecule has 2 unspecified atom stereocenters. The third-order valence-electron chi connectivity index (χ3n) is 3.08. The van der Waals surface area contributed by atoms with Gasteiger partial charge in [0.1, 0.15) is 0 Å². The maximum absolute atomic E-state index is 9.52. The van der Waals surface area contributed by atoms with Crippen LogP contribution in [-0.2, 0) is 0 Å². The summed E-state index contributed by atoms with van der Waals surface area (Å²) in [6.45, 7) is 2.08. The monoisotopic (exact) mass is 306 g/mol. The van der Waals surface area contributed by atoms with E-state index in [1.54, 1.807) is 0 Å². The molecule has 2 aromatic rings. The van der Waals surface area contributed by atoms with Gasteiger partial charge in [-0.1, -0.05) is 74.0 Å². The van der Waals surface area contributed by atoms with Crippen LogP contribution in [0.5, 0.6) is 0 Å². The SMILES string of the molecule is CCCC(O)c1ccccc1.OC(CCl)c1ccccc1. The van der Waals surface area contributed by atoms with E-state index >= 15 is 0 Å². The van der Waals surface area contributed by atoms with E-state index < -0.39 is 6.10 Å². The minimum atomic E-state index is -0.525. The Hall–Kier alpha value is -1.35. The topological polar surface area (TPSA) is 40.5 Å². The number of aliphatic hydroxyl groups excluding tert-OH is 2. The summed E-state index contributed by atoms with van der Waals surface area (Å²) in [4.78, 5) is 0. The van der Waals surface area contributed by atoms with Gasteiger partial charge in [0.15, 0.2) is 0 Å². The molecule has 0 amide bonds. The van der Waals surface area contributed by atoms with E-state index in [4.69, 9.17) is 11.6 Å². The number of alkyl halides is 1. The molecule has 0 aromatic heterocycles. The quantitative estimate of drug-likeness (QED) is 0.800. The van der Waals surface area contributed by atoms with Crippen molar-refractivity contribution >= 4 is 11.6 Å². The molecule has 3 heteroatoms. The molecule has 0 saturated heterocycles. The van der Waals surface area contributed by atoms with Crippen LogP contribution >= 0.6 is 11.6 Å². The van der Waals surface area contributed by atoms with Crippen molar-refractivity contribution in [2.24, 2.45) is 0 Å². The van der Waals surface area contributed by atoms with Crippen molar-refractivity contribution in [1.29, 1.82) is 0 Å². The first-order valence-corrected chi connectivity index (χ1v) is 7.74. The highest BCUT2D eigenvalue weighted by atomic mass is 35.5. The van der Waals surface area contributed by atoms with Gasteiger partial charge in [-0.05, 0) is 17.5 Å². The summed E-state index contributed by atoms with van der Waals surface area (Å²) >= 11 is 5.44. The number of hydrogen-bond acceptors (Lipinski definition) is 2. The Morgan fingerprint density at radius 2 is 1.24 bits per heavy atom. The van der Waals surface area contributed by atoms with Crippen molar-refractivity contribution in [3.05, 3.63) is 71.8 Å². The van der Waals surface area contributed by atoms with Crippen LogP contribution < -0.4 is 0 Å². The van der Waals surface area contributed by atoms with Crippen molar-refractivity contribution < 1.29 is 10.2 Å². The molecule has 2 N–H and O–H groups in total. The zero-order chi connectivity index (χ0) is 15.5. The highest BCUT2D eigenvalue weighted by Crippen LogP contribution is 2.16. The van der Waals surface area contributed by atoms with Crippen LogP contribution in [0, 0.1) is 0 Å². The van der Waals surface area contributed by atoms with Gasteiger partial charge in [0.25, 0.3) is 0 Å². The zero-order valence-electron chi connectivity index (χ0n) is 12.3. The fraction of sp³-hybridized carbons (Fsp3) is 0.333. The van der Waals surface area contributed by atoms with Crippen molar-refractivity contribution in [2.45, 2.75) is 32.0 Å². The predicted molar refractivity (Wildman–Crippen MR) is 88.4 cm³/mol. The van der Waals surface area contributed by atoms with Crippen molar-refractivity contribution in [3.63, 3.8) is 0 Å². The Morgan fingerprint density at radius 1 is 0.810 bits per heavy atom. The summed E-state index contributed by atoms with van der Waals surface area (Å²) in [5, 5.41) is 18.7. The van der Waals surface area contributed by atoms with Crippen molar-refractivity contribution in [1.82, 2.24) is 0 Å². The Morgan fingerprint density at radius 3 is 1.62 bits per heavy atom. The minimum Gasteiger partial charge on any atom is -0.388 e. The number of aliphatic hydroxyl groups is 2. The van der Waals surface area contributed by atoms with Gasteiger partial charge < -0.3 is 10.2 Å². The first kappa shape index (κ1) is 17.7. The van der Waals surface area contributed by atoms with Crippen LogP contribution in [0.4, 0.5) is 0 Å². The largest absolute Gasteiger partial charge is 0.388 e. The summed E-state index contributed by atoms with van der Waals surface area (Å²) in [6.07, 6.45) is 1.07. The molecule has 0 bridgehead atoms. The Kier molecular flexibility index (Phi) is 8.76. The van der Waals surface area contributed by atoms with E-state index in [0.717, 1.165) is 24.0 Å². The lowest BCUT2D eigenvalue weighted by atomic mass is 10.1. The van der Waals surface area contributed by atoms with Gasteiger partial charge in [0, 0.05) is 0 Å². The number of benzene rings is 2. The van der Waals surface area contributed by atoms with Crippen molar-refractivity contribution in [3.8, 4) is 0 Å². The number of rotatable bonds is 5. The van der Waals surface area contributed by atoms with E-state index in [-0.39, 0.29) is 12.0 Å². The summed E-state index contributed by atoms with van der Waals surface area (Å²) in [5.74, 6) is 0.254. The minimum absolute atomic E-state index is 0.254. The van der Waals surface area contributed by atoms with E-state index in [0.29, 0.717) is 0 Å². The van der Waals surface area contributed by atoms with Crippen LogP contribution in [0.2, 0.25) is 0 Å². The second kappa shape index (κ2) is 10.4. The fourth-order valence-corrected chi connectivity index (χ4v) is 2.06.